The molecule has 0 saturated heterocycles. The number of aryl methyl sites for hydroxylation is 1. The predicted octanol–water partition coefficient (Wildman–Crippen LogP) is 2.04. The van der Waals surface area contributed by atoms with Gasteiger partial charge in [-0.15, -0.1) is 11.3 Å². The molecule has 0 amide bonds. The number of hydrogen-bond donors (Lipinski definition) is 2. The van der Waals surface area contributed by atoms with E-state index in [4.69, 9.17) is 0 Å². The number of fused-ring (bicyclic) bond motifs is 1. The molecule has 0 radical (unpaired) electrons. The van der Waals surface area contributed by atoms with E-state index in [2.05, 4.69) is 20.7 Å². The smallest absolute Gasteiger partial charge is 0.248 e. The van der Waals surface area contributed by atoms with Crippen LogP contribution in [-0.2, 0) is 12.8 Å². The Morgan fingerprint density at radius 3 is 3.26 bits per heavy atom. The van der Waals surface area contributed by atoms with Gasteiger partial charge < -0.3 is 10.3 Å². The van der Waals surface area contributed by atoms with E-state index in [1.54, 1.807) is 17.4 Å². The Balaban J connectivity index is 1.65. The van der Waals surface area contributed by atoms with Crippen LogP contribution in [-0.4, -0.2) is 16.5 Å². The molecule has 100 valence electrons. The van der Waals surface area contributed by atoms with Gasteiger partial charge in [0.15, 0.2) is 0 Å². The SMILES string of the molecule is O=c1ccc2c([nH]1)CCCC2NCCc1cscn1. The van der Waals surface area contributed by atoms with Crippen molar-refractivity contribution in [3.63, 3.8) is 0 Å². The van der Waals surface area contributed by atoms with Gasteiger partial charge in [-0.05, 0) is 24.8 Å². The number of nitrogens with zero attached hydrogens (tertiary/aromatic N) is 1. The molecule has 2 aromatic rings. The first kappa shape index (κ1) is 12.6. The number of rotatable bonds is 4. The van der Waals surface area contributed by atoms with Gasteiger partial charge in [-0.3, -0.25) is 4.79 Å². The highest BCUT2D eigenvalue weighted by atomic mass is 32.1. The fourth-order valence-electron chi connectivity index (χ4n) is 2.65. The van der Waals surface area contributed by atoms with E-state index in [1.165, 1.54) is 5.56 Å². The van der Waals surface area contributed by atoms with Gasteiger partial charge in [0.25, 0.3) is 0 Å². The van der Waals surface area contributed by atoms with Crippen LogP contribution >= 0.6 is 11.3 Å². The van der Waals surface area contributed by atoms with E-state index < -0.39 is 0 Å². The topological polar surface area (TPSA) is 57.8 Å². The molecule has 0 saturated carbocycles. The van der Waals surface area contributed by atoms with E-state index in [0.29, 0.717) is 6.04 Å². The quantitative estimate of drug-likeness (QED) is 0.897. The molecule has 0 aromatic carbocycles. The Labute approximate surface area is 115 Å². The van der Waals surface area contributed by atoms with Crippen LogP contribution in [0.4, 0.5) is 0 Å². The van der Waals surface area contributed by atoms with Crippen LogP contribution in [0.5, 0.6) is 0 Å². The summed E-state index contributed by atoms with van der Waals surface area (Å²) in [5.41, 5.74) is 5.38. The van der Waals surface area contributed by atoms with E-state index >= 15 is 0 Å². The molecule has 0 fully saturated rings. The second-order valence-electron chi connectivity index (χ2n) is 4.89. The molecule has 2 N–H and O–H groups in total. The highest BCUT2D eigenvalue weighted by Crippen LogP contribution is 2.27. The fourth-order valence-corrected chi connectivity index (χ4v) is 3.24. The summed E-state index contributed by atoms with van der Waals surface area (Å²) in [5.74, 6) is 0. The average Bonchev–Trinajstić information content (AvgIpc) is 2.92. The molecule has 1 aliphatic rings. The lowest BCUT2D eigenvalue weighted by Crippen LogP contribution is -2.28. The van der Waals surface area contributed by atoms with Crippen molar-refractivity contribution in [2.45, 2.75) is 31.7 Å². The maximum Gasteiger partial charge on any atom is 0.248 e. The van der Waals surface area contributed by atoms with E-state index in [1.807, 2.05) is 11.6 Å². The summed E-state index contributed by atoms with van der Waals surface area (Å²) >= 11 is 1.64. The summed E-state index contributed by atoms with van der Waals surface area (Å²) in [6.45, 7) is 0.924. The number of pyridine rings is 1. The third-order valence-electron chi connectivity index (χ3n) is 3.59. The van der Waals surface area contributed by atoms with Gasteiger partial charge in [0.05, 0.1) is 11.2 Å². The van der Waals surface area contributed by atoms with Crippen molar-refractivity contribution in [2.75, 3.05) is 6.54 Å². The maximum atomic E-state index is 11.3. The van der Waals surface area contributed by atoms with Crippen LogP contribution in [0.3, 0.4) is 0 Å². The summed E-state index contributed by atoms with van der Waals surface area (Å²) < 4.78 is 0. The molecule has 4 nitrogen and oxygen atoms in total. The minimum atomic E-state index is 0.00173. The molecule has 2 aromatic heterocycles. The Bertz CT molecular complexity index is 591. The molecule has 19 heavy (non-hydrogen) atoms. The third kappa shape index (κ3) is 2.93. The summed E-state index contributed by atoms with van der Waals surface area (Å²) in [6, 6.07) is 3.95. The second-order valence-corrected chi connectivity index (χ2v) is 5.60. The van der Waals surface area contributed by atoms with Crippen molar-refractivity contribution < 1.29 is 0 Å². The van der Waals surface area contributed by atoms with E-state index in [9.17, 15) is 4.79 Å². The van der Waals surface area contributed by atoms with Gasteiger partial charge in [0.2, 0.25) is 5.56 Å². The molecule has 3 rings (SSSR count). The number of thiazole rings is 1. The summed E-state index contributed by atoms with van der Waals surface area (Å²) in [5, 5.41) is 5.67. The Morgan fingerprint density at radius 2 is 2.42 bits per heavy atom. The molecule has 0 spiro atoms. The van der Waals surface area contributed by atoms with Crippen LogP contribution in [0.25, 0.3) is 0 Å². The van der Waals surface area contributed by atoms with Crippen molar-refractivity contribution in [3.8, 4) is 0 Å². The van der Waals surface area contributed by atoms with Crippen LogP contribution in [0, 0.1) is 0 Å². The lowest BCUT2D eigenvalue weighted by atomic mass is 9.91. The van der Waals surface area contributed by atoms with Crippen molar-refractivity contribution in [2.24, 2.45) is 0 Å². The molecular weight excluding hydrogens is 258 g/mol. The maximum absolute atomic E-state index is 11.3. The van der Waals surface area contributed by atoms with E-state index in [0.717, 1.165) is 43.6 Å². The standard InChI is InChI=1S/C14H17N3OS/c18-14-5-4-11-12(2-1-3-13(11)17-14)15-7-6-10-8-19-9-16-10/h4-5,8-9,12,15H,1-3,6-7H2,(H,17,18). The molecule has 1 aliphatic carbocycles. The lowest BCUT2D eigenvalue weighted by Gasteiger charge is -2.25. The van der Waals surface area contributed by atoms with Crippen LogP contribution in [0.2, 0.25) is 0 Å². The predicted molar refractivity (Wildman–Crippen MR) is 76.6 cm³/mol. The Kier molecular flexibility index (Phi) is 3.75. The summed E-state index contributed by atoms with van der Waals surface area (Å²) in [7, 11) is 0. The minimum Gasteiger partial charge on any atom is -0.326 e. The molecule has 1 unspecified atom stereocenters. The molecule has 5 heteroatoms. The molecule has 0 aliphatic heterocycles. The summed E-state index contributed by atoms with van der Waals surface area (Å²) in [6.07, 6.45) is 4.20. The Morgan fingerprint density at radius 1 is 1.47 bits per heavy atom. The van der Waals surface area contributed by atoms with Crippen molar-refractivity contribution in [3.05, 3.63) is 50.3 Å². The largest absolute Gasteiger partial charge is 0.326 e. The average molecular weight is 275 g/mol. The number of aromatic nitrogens is 2. The zero-order valence-electron chi connectivity index (χ0n) is 10.7. The monoisotopic (exact) mass is 275 g/mol. The molecule has 0 bridgehead atoms. The van der Waals surface area contributed by atoms with Crippen LogP contribution in [0.15, 0.2) is 27.8 Å². The minimum absolute atomic E-state index is 0.00173. The van der Waals surface area contributed by atoms with Gasteiger partial charge in [-0.25, -0.2) is 4.98 Å². The van der Waals surface area contributed by atoms with E-state index in [-0.39, 0.29) is 5.56 Å². The number of aromatic amines is 1. The molecular formula is C14H17N3OS. The summed E-state index contributed by atoms with van der Waals surface area (Å²) in [4.78, 5) is 18.6. The highest BCUT2D eigenvalue weighted by molar-refractivity contribution is 7.07. The third-order valence-corrected chi connectivity index (χ3v) is 4.22. The molecule has 2 heterocycles. The first-order valence-electron chi connectivity index (χ1n) is 6.65. The molecule has 1 atom stereocenters. The number of hydrogen-bond acceptors (Lipinski definition) is 4. The van der Waals surface area contributed by atoms with Gasteiger partial charge in [0, 0.05) is 36.1 Å². The lowest BCUT2D eigenvalue weighted by molar-refractivity contribution is 0.456. The van der Waals surface area contributed by atoms with Crippen molar-refractivity contribution >= 4 is 11.3 Å². The number of nitrogens with one attached hydrogen (secondary N) is 2. The first-order valence-corrected chi connectivity index (χ1v) is 7.60. The highest BCUT2D eigenvalue weighted by Gasteiger charge is 2.19. The first-order chi connectivity index (χ1) is 9.33. The normalized spacial score (nSPS) is 18.2. The number of H-pyrrole nitrogens is 1. The van der Waals surface area contributed by atoms with Crippen LogP contribution in [0.1, 0.15) is 35.8 Å². The van der Waals surface area contributed by atoms with Crippen molar-refractivity contribution in [1.29, 1.82) is 0 Å². The van der Waals surface area contributed by atoms with Gasteiger partial charge >= 0.3 is 0 Å². The van der Waals surface area contributed by atoms with Crippen LogP contribution < -0.4 is 10.9 Å². The van der Waals surface area contributed by atoms with Gasteiger partial charge in [-0.2, -0.15) is 0 Å². The zero-order chi connectivity index (χ0) is 13.1. The van der Waals surface area contributed by atoms with Crippen molar-refractivity contribution in [1.82, 2.24) is 15.3 Å². The second kappa shape index (κ2) is 5.67. The van der Waals surface area contributed by atoms with Gasteiger partial charge in [-0.1, -0.05) is 6.07 Å². The van der Waals surface area contributed by atoms with Gasteiger partial charge in [0.1, 0.15) is 0 Å². The fraction of sp³-hybridized carbons (Fsp3) is 0.429. The zero-order valence-corrected chi connectivity index (χ0v) is 11.5. The Hall–Kier alpha value is -1.46.